The molecule has 2 rings (SSSR count). The lowest BCUT2D eigenvalue weighted by Gasteiger charge is -2.12. The zero-order valence-corrected chi connectivity index (χ0v) is 10.6. The molecule has 0 aliphatic heterocycles. The van der Waals surface area contributed by atoms with Crippen molar-refractivity contribution in [3.05, 3.63) is 35.0 Å². The number of ether oxygens (including phenoxy) is 2. The lowest BCUT2D eigenvalue weighted by atomic mass is 10.2. The molecule has 1 N–H and O–H groups in total. The molecule has 0 saturated carbocycles. The smallest absolute Gasteiger partial charge is 0.281 e. The van der Waals surface area contributed by atoms with Crippen molar-refractivity contribution in [2.24, 2.45) is 0 Å². The molecule has 0 aliphatic rings. The number of aromatic hydroxyl groups is 1. The maximum absolute atomic E-state index is 9.65. The predicted molar refractivity (Wildman–Crippen MR) is 66.5 cm³/mol. The van der Waals surface area contributed by atoms with Gasteiger partial charge in [-0.1, -0.05) is 23.7 Å². The number of hydrogen-bond donors (Lipinski definition) is 1. The molecule has 1 aromatic heterocycles. The molecule has 2 aromatic rings. The van der Waals surface area contributed by atoms with Crippen molar-refractivity contribution in [1.82, 2.24) is 10.2 Å². The molecule has 0 unspecified atom stereocenters. The van der Waals surface area contributed by atoms with Gasteiger partial charge in [-0.25, -0.2) is 0 Å². The van der Waals surface area contributed by atoms with Crippen LogP contribution in [-0.2, 0) is 0 Å². The number of aryl methyl sites for hydroxylation is 1. The minimum absolute atomic E-state index is 0.0213. The van der Waals surface area contributed by atoms with E-state index >= 15 is 0 Å². The maximum Gasteiger partial charge on any atom is 0.281 e. The Hall–Kier alpha value is -2.01. The summed E-state index contributed by atoms with van der Waals surface area (Å²) in [4.78, 5) is 0. The van der Waals surface area contributed by atoms with Crippen molar-refractivity contribution in [3.8, 4) is 23.1 Å². The Morgan fingerprint density at radius 3 is 2.72 bits per heavy atom. The van der Waals surface area contributed by atoms with Crippen molar-refractivity contribution >= 4 is 11.6 Å². The highest BCUT2D eigenvalue weighted by Gasteiger charge is 2.13. The first-order valence-corrected chi connectivity index (χ1v) is 5.53. The fourth-order valence-corrected chi connectivity index (χ4v) is 1.58. The van der Waals surface area contributed by atoms with Crippen LogP contribution in [0.1, 0.15) is 5.56 Å². The van der Waals surface area contributed by atoms with E-state index in [1.165, 1.54) is 13.2 Å². The molecular formula is C12H11ClN2O3. The van der Waals surface area contributed by atoms with Crippen molar-refractivity contribution < 1.29 is 14.6 Å². The number of halogens is 1. The normalized spacial score (nSPS) is 10.2. The summed E-state index contributed by atoms with van der Waals surface area (Å²) in [6, 6.07) is 6.71. The lowest BCUT2D eigenvalue weighted by Crippen LogP contribution is -1.96. The topological polar surface area (TPSA) is 64.5 Å². The Bertz CT molecular complexity index is 575. The van der Waals surface area contributed by atoms with Gasteiger partial charge in [0.2, 0.25) is 0 Å². The van der Waals surface area contributed by atoms with Crippen molar-refractivity contribution in [1.29, 1.82) is 0 Å². The molecule has 0 aliphatic carbocycles. The molecule has 0 spiro atoms. The van der Waals surface area contributed by atoms with Crippen LogP contribution < -0.4 is 9.47 Å². The first kappa shape index (κ1) is 12.4. The molecule has 0 amide bonds. The maximum atomic E-state index is 9.65. The van der Waals surface area contributed by atoms with Gasteiger partial charge in [-0.05, 0) is 18.6 Å². The summed E-state index contributed by atoms with van der Waals surface area (Å²) in [5, 5.41) is 17.0. The minimum Gasteiger partial charge on any atom is -0.503 e. The summed E-state index contributed by atoms with van der Waals surface area (Å²) < 4.78 is 10.7. The molecule has 0 fully saturated rings. The van der Waals surface area contributed by atoms with E-state index in [-0.39, 0.29) is 16.8 Å². The van der Waals surface area contributed by atoms with Gasteiger partial charge in [-0.3, -0.25) is 0 Å². The highest BCUT2D eigenvalue weighted by molar-refractivity contribution is 6.29. The van der Waals surface area contributed by atoms with Gasteiger partial charge < -0.3 is 14.6 Å². The molecule has 0 radical (unpaired) electrons. The molecule has 0 atom stereocenters. The van der Waals surface area contributed by atoms with E-state index in [1.807, 2.05) is 19.1 Å². The SMILES string of the molecule is COc1cccc(C)c1Oc1nnc(Cl)cc1O. The second-order valence-corrected chi connectivity index (χ2v) is 3.95. The second-order valence-electron chi connectivity index (χ2n) is 3.57. The number of benzene rings is 1. The highest BCUT2D eigenvalue weighted by atomic mass is 35.5. The van der Waals surface area contributed by atoms with Crippen molar-refractivity contribution in [3.63, 3.8) is 0 Å². The Labute approximate surface area is 109 Å². The summed E-state index contributed by atoms with van der Waals surface area (Å²) >= 11 is 5.60. The van der Waals surface area contributed by atoms with Gasteiger partial charge in [0.25, 0.3) is 5.88 Å². The number of nitrogens with zero attached hydrogens (tertiary/aromatic N) is 2. The lowest BCUT2D eigenvalue weighted by molar-refractivity contribution is 0.354. The van der Waals surface area contributed by atoms with E-state index in [1.54, 1.807) is 6.07 Å². The van der Waals surface area contributed by atoms with E-state index in [4.69, 9.17) is 21.1 Å². The predicted octanol–water partition coefficient (Wildman–Crippen LogP) is 2.94. The average molecular weight is 267 g/mol. The molecule has 0 bridgehead atoms. The summed E-state index contributed by atoms with van der Waals surface area (Å²) in [6.45, 7) is 1.86. The van der Waals surface area contributed by atoms with E-state index < -0.39 is 0 Å². The zero-order valence-electron chi connectivity index (χ0n) is 9.85. The Morgan fingerprint density at radius 1 is 1.28 bits per heavy atom. The van der Waals surface area contributed by atoms with Crippen LogP contribution >= 0.6 is 11.6 Å². The molecule has 1 heterocycles. The van der Waals surface area contributed by atoms with Crippen LogP contribution in [-0.4, -0.2) is 22.4 Å². The Morgan fingerprint density at radius 2 is 2.06 bits per heavy atom. The monoisotopic (exact) mass is 266 g/mol. The third-order valence-corrected chi connectivity index (χ3v) is 2.49. The molecule has 1 aromatic carbocycles. The van der Waals surface area contributed by atoms with Gasteiger partial charge in [-0.2, -0.15) is 0 Å². The minimum atomic E-state index is -0.180. The summed E-state index contributed by atoms with van der Waals surface area (Å²) in [6.07, 6.45) is 0. The van der Waals surface area contributed by atoms with Crippen LogP contribution in [0.5, 0.6) is 23.1 Å². The molecular weight excluding hydrogens is 256 g/mol. The third kappa shape index (κ3) is 2.46. The van der Waals surface area contributed by atoms with Crippen molar-refractivity contribution in [2.45, 2.75) is 6.92 Å². The van der Waals surface area contributed by atoms with Crippen molar-refractivity contribution in [2.75, 3.05) is 7.11 Å². The van der Waals surface area contributed by atoms with Gasteiger partial charge in [0.15, 0.2) is 22.4 Å². The summed E-state index contributed by atoms with van der Waals surface area (Å²) in [7, 11) is 1.54. The number of aromatic nitrogens is 2. The standard InChI is InChI=1S/C12H11ClN2O3/c1-7-4-3-5-9(17-2)11(7)18-12-8(16)6-10(13)14-15-12/h3-6H,1-2H3,(H,14,16). The van der Waals surface area contributed by atoms with Crippen LogP contribution in [0, 0.1) is 6.92 Å². The van der Waals surface area contributed by atoms with Crippen LogP contribution in [0.15, 0.2) is 24.3 Å². The van der Waals surface area contributed by atoms with E-state index in [9.17, 15) is 5.11 Å². The third-order valence-electron chi connectivity index (χ3n) is 2.31. The van der Waals surface area contributed by atoms with Gasteiger partial charge in [0, 0.05) is 6.07 Å². The molecule has 6 heteroatoms. The number of rotatable bonds is 3. The number of methoxy groups -OCH3 is 1. The van der Waals surface area contributed by atoms with Crippen LogP contribution in [0.3, 0.4) is 0 Å². The summed E-state index contributed by atoms with van der Waals surface area (Å²) in [5.74, 6) is 0.824. The van der Waals surface area contributed by atoms with Gasteiger partial charge >= 0.3 is 0 Å². The van der Waals surface area contributed by atoms with Crippen LogP contribution in [0.25, 0.3) is 0 Å². The Kier molecular flexibility index (Phi) is 3.53. The quantitative estimate of drug-likeness (QED) is 0.925. The first-order valence-electron chi connectivity index (χ1n) is 5.15. The second kappa shape index (κ2) is 5.10. The zero-order chi connectivity index (χ0) is 13.1. The van der Waals surface area contributed by atoms with Crippen LogP contribution in [0.4, 0.5) is 0 Å². The van der Waals surface area contributed by atoms with E-state index in [2.05, 4.69) is 10.2 Å². The van der Waals surface area contributed by atoms with E-state index in [0.717, 1.165) is 5.56 Å². The Balaban J connectivity index is 2.39. The molecule has 0 saturated heterocycles. The number of para-hydroxylation sites is 1. The fraction of sp³-hybridized carbons (Fsp3) is 0.167. The van der Waals surface area contributed by atoms with Gasteiger partial charge in [-0.15, -0.1) is 10.2 Å². The summed E-state index contributed by atoms with van der Waals surface area (Å²) in [5.41, 5.74) is 0.852. The van der Waals surface area contributed by atoms with Gasteiger partial charge in [0.1, 0.15) is 0 Å². The number of hydrogen-bond acceptors (Lipinski definition) is 5. The average Bonchev–Trinajstić information content (AvgIpc) is 2.34. The van der Waals surface area contributed by atoms with Gasteiger partial charge in [0.05, 0.1) is 7.11 Å². The highest BCUT2D eigenvalue weighted by Crippen LogP contribution is 2.36. The molecule has 5 nitrogen and oxygen atoms in total. The molecule has 94 valence electrons. The largest absolute Gasteiger partial charge is 0.503 e. The molecule has 18 heavy (non-hydrogen) atoms. The fourth-order valence-electron chi connectivity index (χ4n) is 1.43. The van der Waals surface area contributed by atoms with Crippen LogP contribution in [0.2, 0.25) is 5.15 Å². The first-order chi connectivity index (χ1) is 8.61. The van der Waals surface area contributed by atoms with E-state index in [0.29, 0.717) is 11.5 Å².